The fourth-order valence-corrected chi connectivity index (χ4v) is 2.59. The molecular weight excluding hydrogens is 162 g/mol. The van der Waals surface area contributed by atoms with Crippen molar-refractivity contribution in [3.8, 4) is 0 Å². The van der Waals surface area contributed by atoms with Crippen LogP contribution in [-0.2, 0) is 0 Å². The highest BCUT2D eigenvalue weighted by Gasteiger charge is 2.38. The molecule has 68 valence electrons. The summed E-state index contributed by atoms with van der Waals surface area (Å²) in [5.41, 5.74) is 1.16. The predicted molar refractivity (Wildman–Crippen MR) is 49.1 cm³/mol. The van der Waals surface area contributed by atoms with Crippen molar-refractivity contribution in [2.45, 2.75) is 18.9 Å². The van der Waals surface area contributed by atoms with E-state index in [4.69, 9.17) is 0 Å². The summed E-state index contributed by atoms with van der Waals surface area (Å²) in [6, 6.07) is 0.562. The number of hydrogen-bond donors (Lipinski definition) is 0. The average molecular weight is 175 g/mol. The molecule has 0 saturated carbocycles. The molecule has 0 spiro atoms. The third-order valence-electron chi connectivity index (χ3n) is 3.24. The Balaban J connectivity index is 1.87. The predicted octanol–water partition coefficient (Wildman–Crippen LogP) is 1.24. The number of nitrogens with zero attached hydrogens (tertiary/aromatic N) is 3. The molecule has 3 unspecified atom stereocenters. The van der Waals surface area contributed by atoms with E-state index in [-0.39, 0.29) is 0 Å². The zero-order chi connectivity index (χ0) is 8.67. The summed E-state index contributed by atoms with van der Waals surface area (Å²) in [5.74, 6) is 0.923. The number of rotatable bonds is 1. The monoisotopic (exact) mass is 175 g/mol. The molecule has 3 rings (SSSR count). The molecule has 2 aliphatic heterocycles. The molecule has 2 bridgehead atoms. The van der Waals surface area contributed by atoms with Crippen LogP contribution in [0.2, 0.25) is 0 Å². The van der Waals surface area contributed by atoms with Gasteiger partial charge in [-0.15, -0.1) is 0 Å². The van der Waals surface area contributed by atoms with Gasteiger partial charge in [-0.3, -0.25) is 14.9 Å². The Kier molecular flexibility index (Phi) is 1.59. The van der Waals surface area contributed by atoms with Crippen LogP contribution in [-0.4, -0.2) is 28.0 Å². The van der Waals surface area contributed by atoms with E-state index in [2.05, 4.69) is 14.9 Å². The van der Waals surface area contributed by atoms with Crippen molar-refractivity contribution in [3.63, 3.8) is 0 Å². The van der Waals surface area contributed by atoms with Gasteiger partial charge in [0, 0.05) is 25.1 Å². The van der Waals surface area contributed by atoms with E-state index in [0.29, 0.717) is 6.04 Å². The van der Waals surface area contributed by atoms with Crippen LogP contribution < -0.4 is 0 Å². The minimum absolute atomic E-state index is 0.562. The molecule has 1 aromatic heterocycles. The molecule has 2 saturated heterocycles. The zero-order valence-corrected chi connectivity index (χ0v) is 7.56. The highest BCUT2D eigenvalue weighted by atomic mass is 15.2. The maximum absolute atomic E-state index is 4.38. The van der Waals surface area contributed by atoms with Gasteiger partial charge >= 0.3 is 0 Å². The zero-order valence-electron chi connectivity index (χ0n) is 7.56. The maximum Gasteiger partial charge on any atom is 0.0758 e. The van der Waals surface area contributed by atoms with Gasteiger partial charge in [0.2, 0.25) is 0 Å². The van der Waals surface area contributed by atoms with Crippen molar-refractivity contribution >= 4 is 0 Å². The summed E-state index contributed by atoms with van der Waals surface area (Å²) >= 11 is 0. The molecule has 0 aromatic carbocycles. The van der Waals surface area contributed by atoms with E-state index in [1.54, 1.807) is 12.4 Å². The SMILES string of the molecule is c1cnc(C2CC3CCN2C3)cn1. The summed E-state index contributed by atoms with van der Waals surface area (Å²) in [5, 5.41) is 0. The smallest absolute Gasteiger partial charge is 0.0758 e. The lowest BCUT2D eigenvalue weighted by molar-refractivity contribution is 0.260. The Bertz CT molecular complexity index is 298. The molecule has 2 aliphatic rings. The first kappa shape index (κ1) is 7.44. The highest BCUT2D eigenvalue weighted by molar-refractivity contribution is 5.08. The summed E-state index contributed by atoms with van der Waals surface area (Å²) in [7, 11) is 0. The highest BCUT2D eigenvalue weighted by Crippen LogP contribution is 2.40. The molecule has 3 heteroatoms. The van der Waals surface area contributed by atoms with Crippen LogP contribution in [0, 0.1) is 5.92 Å². The van der Waals surface area contributed by atoms with Gasteiger partial charge in [0.05, 0.1) is 11.7 Å². The molecule has 3 heterocycles. The van der Waals surface area contributed by atoms with Crippen molar-refractivity contribution in [2.24, 2.45) is 5.92 Å². The minimum atomic E-state index is 0.562. The fourth-order valence-electron chi connectivity index (χ4n) is 2.59. The first-order valence-electron chi connectivity index (χ1n) is 4.93. The van der Waals surface area contributed by atoms with Gasteiger partial charge in [0.25, 0.3) is 0 Å². The van der Waals surface area contributed by atoms with Crippen LogP contribution in [0.5, 0.6) is 0 Å². The van der Waals surface area contributed by atoms with Gasteiger partial charge in [0.15, 0.2) is 0 Å². The Morgan fingerprint density at radius 3 is 3.00 bits per heavy atom. The van der Waals surface area contributed by atoms with Crippen molar-refractivity contribution in [1.29, 1.82) is 0 Å². The van der Waals surface area contributed by atoms with Crippen LogP contribution in [0.1, 0.15) is 24.6 Å². The van der Waals surface area contributed by atoms with Crippen LogP contribution in [0.15, 0.2) is 18.6 Å². The number of fused-ring (bicyclic) bond motifs is 2. The first-order valence-corrected chi connectivity index (χ1v) is 4.93. The fraction of sp³-hybridized carbons (Fsp3) is 0.600. The third kappa shape index (κ3) is 1.15. The lowest BCUT2D eigenvalue weighted by Gasteiger charge is -2.23. The van der Waals surface area contributed by atoms with Gasteiger partial charge in [-0.25, -0.2) is 0 Å². The summed E-state index contributed by atoms with van der Waals surface area (Å²) in [6.07, 6.45) is 8.12. The molecule has 0 aliphatic carbocycles. The van der Waals surface area contributed by atoms with Crippen molar-refractivity contribution in [2.75, 3.05) is 13.1 Å². The third-order valence-corrected chi connectivity index (χ3v) is 3.24. The molecule has 0 N–H and O–H groups in total. The molecule has 0 amide bonds. The molecule has 3 atom stereocenters. The molecule has 13 heavy (non-hydrogen) atoms. The van der Waals surface area contributed by atoms with E-state index in [1.807, 2.05) is 6.20 Å². The largest absolute Gasteiger partial charge is 0.294 e. The topological polar surface area (TPSA) is 29.0 Å². The molecule has 1 aromatic rings. The van der Waals surface area contributed by atoms with E-state index in [0.717, 1.165) is 11.6 Å². The minimum Gasteiger partial charge on any atom is -0.294 e. The first-order chi connectivity index (χ1) is 6.43. The van der Waals surface area contributed by atoms with Gasteiger partial charge < -0.3 is 0 Å². The molecule has 0 radical (unpaired) electrons. The maximum atomic E-state index is 4.38. The normalized spacial score (nSPS) is 36.8. The van der Waals surface area contributed by atoms with E-state index < -0.39 is 0 Å². The van der Waals surface area contributed by atoms with E-state index in [1.165, 1.54) is 25.9 Å². The van der Waals surface area contributed by atoms with Crippen LogP contribution in [0.3, 0.4) is 0 Å². The van der Waals surface area contributed by atoms with Crippen molar-refractivity contribution in [3.05, 3.63) is 24.3 Å². The van der Waals surface area contributed by atoms with Gasteiger partial charge in [-0.1, -0.05) is 0 Å². The number of piperidine rings is 1. The quantitative estimate of drug-likeness (QED) is 0.643. The molecule has 3 nitrogen and oxygen atoms in total. The molecule has 2 fully saturated rings. The number of aromatic nitrogens is 2. The Morgan fingerprint density at radius 2 is 2.38 bits per heavy atom. The number of hydrogen-bond acceptors (Lipinski definition) is 3. The molecular formula is C10H13N3. The summed E-state index contributed by atoms with van der Waals surface area (Å²) < 4.78 is 0. The van der Waals surface area contributed by atoms with Crippen molar-refractivity contribution in [1.82, 2.24) is 14.9 Å². The Labute approximate surface area is 77.8 Å². The second-order valence-corrected chi connectivity index (χ2v) is 4.03. The van der Waals surface area contributed by atoms with Gasteiger partial charge in [-0.05, 0) is 25.3 Å². The van der Waals surface area contributed by atoms with Gasteiger partial charge in [-0.2, -0.15) is 0 Å². The van der Waals surface area contributed by atoms with Crippen LogP contribution in [0.25, 0.3) is 0 Å². The average Bonchev–Trinajstić information content (AvgIpc) is 2.80. The summed E-state index contributed by atoms with van der Waals surface area (Å²) in [6.45, 7) is 2.53. The summed E-state index contributed by atoms with van der Waals surface area (Å²) in [4.78, 5) is 11.0. The lowest BCUT2D eigenvalue weighted by atomic mass is 9.99. The van der Waals surface area contributed by atoms with Crippen LogP contribution >= 0.6 is 0 Å². The van der Waals surface area contributed by atoms with Crippen LogP contribution in [0.4, 0.5) is 0 Å². The standard InChI is InChI=1S/C10H13N3/c1-4-13-7-8(1)5-10(13)9-6-11-2-3-12-9/h2-3,6,8,10H,1,4-5,7H2. The Morgan fingerprint density at radius 1 is 1.38 bits per heavy atom. The second-order valence-electron chi connectivity index (χ2n) is 4.03. The Hall–Kier alpha value is -0.960. The second kappa shape index (κ2) is 2.77. The van der Waals surface area contributed by atoms with E-state index in [9.17, 15) is 0 Å². The lowest BCUT2D eigenvalue weighted by Crippen LogP contribution is -2.23. The van der Waals surface area contributed by atoms with Gasteiger partial charge in [0.1, 0.15) is 0 Å². The van der Waals surface area contributed by atoms with E-state index >= 15 is 0 Å². The van der Waals surface area contributed by atoms with Crippen molar-refractivity contribution < 1.29 is 0 Å².